The van der Waals surface area contributed by atoms with E-state index in [2.05, 4.69) is 60.2 Å². The molecular formula is C23H37N5O. The molecule has 1 N–H and O–H groups in total. The van der Waals surface area contributed by atoms with Crippen molar-refractivity contribution < 1.29 is 4.79 Å². The summed E-state index contributed by atoms with van der Waals surface area (Å²) < 4.78 is 0. The number of carbonyl (C=O) groups is 1. The zero-order chi connectivity index (χ0) is 20.6. The number of rotatable bonds is 6. The highest BCUT2D eigenvalue weighted by Gasteiger charge is 2.30. The Bertz CT molecular complexity index is 690. The average molecular weight is 400 g/mol. The number of likely N-dealkylation sites (tertiary alicyclic amines) is 1. The van der Waals surface area contributed by atoms with E-state index < -0.39 is 0 Å². The van der Waals surface area contributed by atoms with E-state index >= 15 is 0 Å². The first-order valence-corrected chi connectivity index (χ1v) is 11.2. The Hall–Kier alpha value is -2.08. The Balaban J connectivity index is 1.51. The zero-order valence-electron chi connectivity index (χ0n) is 18.4. The Morgan fingerprint density at radius 2 is 1.83 bits per heavy atom. The minimum Gasteiger partial charge on any atom is -0.357 e. The van der Waals surface area contributed by atoms with Crippen molar-refractivity contribution in [1.29, 1.82) is 0 Å². The number of aliphatic imine (C=N–C) groups is 1. The van der Waals surface area contributed by atoms with Gasteiger partial charge in [0.2, 0.25) is 5.91 Å². The maximum atomic E-state index is 12.7. The molecule has 2 fully saturated rings. The van der Waals surface area contributed by atoms with Crippen molar-refractivity contribution >= 4 is 11.9 Å². The van der Waals surface area contributed by atoms with Crippen LogP contribution in [-0.2, 0) is 11.2 Å². The predicted molar refractivity (Wildman–Crippen MR) is 119 cm³/mol. The molecule has 0 spiro atoms. The SMILES string of the molecule is CCNC(=NCCc1cccc(C)c1)N1CCN(C(C)C(=O)N2CCCC2)CC1. The van der Waals surface area contributed by atoms with Gasteiger partial charge in [0, 0.05) is 52.4 Å². The average Bonchev–Trinajstić information content (AvgIpc) is 3.27. The molecule has 0 bridgehead atoms. The van der Waals surface area contributed by atoms with E-state index in [-0.39, 0.29) is 6.04 Å². The van der Waals surface area contributed by atoms with Crippen LogP contribution in [0.15, 0.2) is 29.3 Å². The third kappa shape index (κ3) is 5.95. The first-order valence-electron chi connectivity index (χ1n) is 11.2. The standard InChI is InChI=1S/C23H37N5O/c1-4-24-23(25-11-10-21-9-7-8-19(2)18-21)28-16-14-26(15-17-28)20(3)22(29)27-12-5-6-13-27/h7-9,18,20H,4-6,10-17H2,1-3H3,(H,24,25). The van der Waals surface area contributed by atoms with Crippen molar-refractivity contribution in [1.82, 2.24) is 20.0 Å². The summed E-state index contributed by atoms with van der Waals surface area (Å²) in [7, 11) is 0. The topological polar surface area (TPSA) is 51.2 Å². The molecule has 6 heteroatoms. The number of guanidine groups is 1. The second-order valence-corrected chi connectivity index (χ2v) is 8.21. The third-order valence-electron chi connectivity index (χ3n) is 6.02. The molecule has 1 atom stereocenters. The van der Waals surface area contributed by atoms with Crippen LogP contribution in [0.25, 0.3) is 0 Å². The molecule has 0 aromatic heterocycles. The molecule has 3 rings (SSSR count). The number of piperazine rings is 1. The van der Waals surface area contributed by atoms with Gasteiger partial charge in [-0.2, -0.15) is 0 Å². The molecule has 2 heterocycles. The Morgan fingerprint density at radius 3 is 2.48 bits per heavy atom. The zero-order valence-corrected chi connectivity index (χ0v) is 18.4. The second kappa shape index (κ2) is 10.6. The van der Waals surface area contributed by atoms with Crippen molar-refractivity contribution in [2.24, 2.45) is 4.99 Å². The molecule has 2 saturated heterocycles. The van der Waals surface area contributed by atoms with Crippen LogP contribution >= 0.6 is 0 Å². The molecular weight excluding hydrogens is 362 g/mol. The van der Waals surface area contributed by atoms with Crippen molar-refractivity contribution in [2.75, 3.05) is 52.4 Å². The van der Waals surface area contributed by atoms with Gasteiger partial charge in [0.1, 0.15) is 0 Å². The van der Waals surface area contributed by atoms with Crippen LogP contribution in [0.1, 0.15) is 37.8 Å². The van der Waals surface area contributed by atoms with E-state index in [4.69, 9.17) is 4.99 Å². The summed E-state index contributed by atoms with van der Waals surface area (Å²) in [4.78, 5) is 24.3. The van der Waals surface area contributed by atoms with Gasteiger partial charge in [0.05, 0.1) is 6.04 Å². The summed E-state index contributed by atoms with van der Waals surface area (Å²) in [6.45, 7) is 13.5. The van der Waals surface area contributed by atoms with E-state index in [9.17, 15) is 4.79 Å². The smallest absolute Gasteiger partial charge is 0.239 e. The maximum absolute atomic E-state index is 12.7. The first kappa shape index (κ1) is 21.6. The number of nitrogens with one attached hydrogen (secondary N) is 1. The van der Waals surface area contributed by atoms with Crippen LogP contribution in [0.4, 0.5) is 0 Å². The minimum absolute atomic E-state index is 0.0175. The van der Waals surface area contributed by atoms with E-state index in [1.54, 1.807) is 0 Å². The molecule has 1 amide bonds. The molecule has 2 aliphatic rings. The summed E-state index contributed by atoms with van der Waals surface area (Å²) in [5, 5.41) is 3.44. The van der Waals surface area contributed by atoms with Gasteiger partial charge in [-0.3, -0.25) is 14.7 Å². The van der Waals surface area contributed by atoms with Gasteiger partial charge in [-0.25, -0.2) is 0 Å². The Labute approximate surface area is 176 Å². The van der Waals surface area contributed by atoms with E-state index in [0.717, 1.165) is 77.6 Å². The van der Waals surface area contributed by atoms with Crippen molar-refractivity contribution in [3.63, 3.8) is 0 Å². The minimum atomic E-state index is -0.0175. The van der Waals surface area contributed by atoms with Crippen molar-refractivity contribution in [2.45, 2.75) is 46.1 Å². The van der Waals surface area contributed by atoms with Gasteiger partial charge in [0.15, 0.2) is 5.96 Å². The fourth-order valence-corrected chi connectivity index (χ4v) is 4.26. The van der Waals surface area contributed by atoms with Gasteiger partial charge >= 0.3 is 0 Å². The lowest BCUT2D eigenvalue weighted by molar-refractivity contribution is -0.135. The number of nitrogens with zero attached hydrogens (tertiary/aromatic N) is 4. The summed E-state index contributed by atoms with van der Waals surface area (Å²) >= 11 is 0. The molecule has 2 aliphatic heterocycles. The number of carbonyl (C=O) groups excluding carboxylic acids is 1. The van der Waals surface area contributed by atoms with Gasteiger partial charge in [-0.1, -0.05) is 29.8 Å². The number of benzene rings is 1. The highest BCUT2D eigenvalue weighted by atomic mass is 16.2. The Kier molecular flexibility index (Phi) is 7.92. The predicted octanol–water partition coefficient (Wildman–Crippen LogP) is 2.13. The number of hydrogen-bond acceptors (Lipinski definition) is 3. The fourth-order valence-electron chi connectivity index (χ4n) is 4.26. The number of aryl methyl sites for hydroxylation is 1. The number of amides is 1. The first-order chi connectivity index (χ1) is 14.1. The summed E-state index contributed by atoms with van der Waals surface area (Å²) in [6.07, 6.45) is 3.26. The van der Waals surface area contributed by atoms with Crippen LogP contribution in [0.5, 0.6) is 0 Å². The van der Waals surface area contributed by atoms with Crippen LogP contribution in [0, 0.1) is 6.92 Å². The third-order valence-corrected chi connectivity index (χ3v) is 6.02. The van der Waals surface area contributed by atoms with E-state index in [1.807, 2.05) is 4.90 Å². The van der Waals surface area contributed by atoms with Gasteiger partial charge in [-0.05, 0) is 45.6 Å². The van der Waals surface area contributed by atoms with Gasteiger partial charge < -0.3 is 15.1 Å². The maximum Gasteiger partial charge on any atom is 0.239 e. The quantitative estimate of drug-likeness (QED) is 0.588. The van der Waals surface area contributed by atoms with Gasteiger partial charge in [-0.15, -0.1) is 0 Å². The highest BCUT2D eigenvalue weighted by molar-refractivity contribution is 5.82. The van der Waals surface area contributed by atoms with Crippen molar-refractivity contribution in [3.05, 3.63) is 35.4 Å². The lowest BCUT2D eigenvalue weighted by Gasteiger charge is -2.39. The highest BCUT2D eigenvalue weighted by Crippen LogP contribution is 2.14. The summed E-state index contributed by atoms with van der Waals surface area (Å²) in [5.41, 5.74) is 2.63. The molecule has 6 nitrogen and oxygen atoms in total. The molecule has 1 aromatic rings. The molecule has 0 aliphatic carbocycles. The number of hydrogen-bond donors (Lipinski definition) is 1. The fraction of sp³-hybridized carbons (Fsp3) is 0.652. The lowest BCUT2D eigenvalue weighted by Crippen LogP contribution is -2.57. The monoisotopic (exact) mass is 399 g/mol. The summed E-state index contributed by atoms with van der Waals surface area (Å²) in [6, 6.07) is 8.64. The largest absolute Gasteiger partial charge is 0.357 e. The van der Waals surface area contributed by atoms with Crippen LogP contribution in [-0.4, -0.2) is 85.0 Å². The van der Waals surface area contributed by atoms with Crippen LogP contribution in [0.3, 0.4) is 0 Å². The van der Waals surface area contributed by atoms with E-state index in [1.165, 1.54) is 11.1 Å². The molecule has 1 unspecified atom stereocenters. The Morgan fingerprint density at radius 1 is 1.10 bits per heavy atom. The summed E-state index contributed by atoms with van der Waals surface area (Å²) in [5.74, 6) is 1.30. The molecule has 160 valence electrons. The van der Waals surface area contributed by atoms with Crippen LogP contribution < -0.4 is 5.32 Å². The lowest BCUT2D eigenvalue weighted by atomic mass is 10.1. The molecule has 0 saturated carbocycles. The van der Waals surface area contributed by atoms with Crippen molar-refractivity contribution in [3.8, 4) is 0 Å². The van der Waals surface area contributed by atoms with Gasteiger partial charge in [0.25, 0.3) is 0 Å². The molecule has 0 radical (unpaired) electrons. The van der Waals surface area contributed by atoms with E-state index in [0.29, 0.717) is 5.91 Å². The molecule has 29 heavy (non-hydrogen) atoms. The van der Waals surface area contributed by atoms with Crippen LogP contribution in [0.2, 0.25) is 0 Å². The normalized spacial score (nSPS) is 19.5. The molecule has 1 aromatic carbocycles. The second-order valence-electron chi connectivity index (χ2n) is 8.21.